The van der Waals surface area contributed by atoms with E-state index in [2.05, 4.69) is 13.2 Å². The van der Waals surface area contributed by atoms with Gasteiger partial charge in [-0.05, 0) is 112 Å². The predicted octanol–water partition coefficient (Wildman–Crippen LogP) is 11.9. The molecule has 0 bridgehead atoms. The molecule has 3 atom stereocenters. The van der Waals surface area contributed by atoms with Crippen LogP contribution in [0.5, 0.6) is 17.2 Å². The van der Waals surface area contributed by atoms with Crippen molar-refractivity contribution < 1.29 is 46.5 Å². The van der Waals surface area contributed by atoms with Crippen molar-refractivity contribution in [3.63, 3.8) is 0 Å². The Balaban J connectivity index is 1.60. The highest BCUT2D eigenvalue weighted by Gasteiger charge is 2.44. The fraction of sp³-hybridized carbons (Fsp3) is 0.234. The van der Waals surface area contributed by atoms with E-state index in [-0.39, 0.29) is 34.1 Å². The number of hydrogen-bond acceptors (Lipinski definition) is 10. The summed E-state index contributed by atoms with van der Waals surface area (Å²) >= 11 is 0. The van der Waals surface area contributed by atoms with Gasteiger partial charge in [-0.25, -0.2) is 9.13 Å². The molecule has 0 aliphatic carbocycles. The lowest BCUT2D eigenvalue weighted by Gasteiger charge is -2.35. The Bertz CT molecular complexity index is 2230. The van der Waals surface area contributed by atoms with Crippen LogP contribution < -0.4 is 13.6 Å². The van der Waals surface area contributed by atoms with Crippen molar-refractivity contribution in [1.82, 2.24) is 0 Å². The third kappa shape index (κ3) is 12.5. The van der Waals surface area contributed by atoms with Crippen LogP contribution in [0.2, 0.25) is 6.32 Å². The van der Waals surface area contributed by atoms with Crippen LogP contribution >= 0.6 is 15.6 Å². The second-order valence-corrected chi connectivity index (χ2v) is 16.7. The van der Waals surface area contributed by atoms with Gasteiger partial charge in [0.15, 0.2) is 0 Å². The molecule has 4 aromatic carbocycles. The van der Waals surface area contributed by atoms with Crippen molar-refractivity contribution in [3.05, 3.63) is 199 Å². The standard InChI is InChI=1S/C47H55BO10P2/c1-8-13-25-41(10-3)53-60(52,55-43-28-21-16-22-29-43)58-46(11-4,12-5)37(6)30-31-38(9-2)47(49,50)40-32-34-44(35-33-40)56-59(51,54-42-26-19-15-20-27-42)57-45(7,36-48)39-23-17-14-18-24-39/h8-10,13-35,49-50H,1,6,11-12,36,48H2,2-5,7H3/b25-13-,31-30-,38-9+,41-10+. The molecule has 0 amide bonds. The van der Waals surface area contributed by atoms with Gasteiger partial charge >= 0.3 is 15.6 Å². The lowest BCUT2D eigenvalue weighted by molar-refractivity contribution is -0.132. The zero-order valence-electron chi connectivity index (χ0n) is 35.1. The van der Waals surface area contributed by atoms with Gasteiger partial charge in [-0.1, -0.05) is 124 Å². The molecule has 0 aromatic heterocycles. The molecule has 0 aliphatic heterocycles. The molecule has 0 heterocycles. The van der Waals surface area contributed by atoms with Crippen LogP contribution in [-0.4, -0.2) is 23.7 Å². The van der Waals surface area contributed by atoms with Crippen LogP contribution in [0.1, 0.15) is 58.6 Å². The van der Waals surface area contributed by atoms with Gasteiger partial charge in [0.25, 0.3) is 0 Å². The summed E-state index contributed by atoms with van der Waals surface area (Å²) in [6.45, 7) is 16.8. The number of benzene rings is 4. The molecule has 0 saturated heterocycles. The monoisotopic (exact) mass is 852 g/mol. The summed E-state index contributed by atoms with van der Waals surface area (Å²) in [6, 6.07) is 32.3. The van der Waals surface area contributed by atoms with Gasteiger partial charge in [-0.15, -0.1) is 0 Å². The van der Waals surface area contributed by atoms with Crippen molar-refractivity contribution in [2.24, 2.45) is 0 Å². The van der Waals surface area contributed by atoms with Gasteiger partial charge in [0.1, 0.15) is 36.5 Å². The van der Waals surface area contributed by atoms with E-state index in [1.165, 1.54) is 36.4 Å². The summed E-state index contributed by atoms with van der Waals surface area (Å²) < 4.78 is 65.3. The minimum absolute atomic E-state index is 0.0785. The molecule has 60 heavy (non-hydrogen) atoms. The normalized spacial score (nSPS) is 15.7. The number of para-hydroxylation sites is 2. The molecule has 0 aliphatic rings. The van der Waals surface area contributed by atoms with E-state index >= 15 is 0 Å². The molecule has 2 N–H and O–H groups in total. The van der Waals surface area contributed by atoms with E-state index < -0.39 is 32.6 Å². The summed E-state index contributed by atoms with van der Waals surface area (Å²) in [5, 5.41) is 23.2. The molecule has 0 spiro atoms. The van der Waals surface area contributed by atoms with Gasteiger partial charge in [-0.3, -0.25) is 9.05 Å². The maximum atomic E-state index is 14.5. The molecule has 13 heteroatoms. The second-order valence-electron chi connectivity index (χ2n) is 13.8. The molecule has 3 unspecified atom stereocenters. The molecule has 10 nitrogen and oxygen atoms in total. The van der Waals surface area contributed by atoms with Crippen molar-refractivity contribution in [2.45, 2.75) is 70.8 Å². The minimum atomic E-state index is -4.38. The molecule has 316 valence electrons. The maximum absolute atomic E-state index is 14.5. The second kappa shape index (κ2) is 21.4. The zero-order chi connectivity index (χ0) is 43.9. The molecule has 4 rings (SSSR count). The first-order chi connectivity index (χ1) is 28.6. The first-order valence-corrected chi connectivity index (χ1v) is 22.6. The SMILES string of the molecule is BCC(C)(OP(=O)(Oc1ccccc1)Oc1ccc(C(O)(O)C(/C=C\C(=C)C(CC)(CC)OP(=O)(OC(/C=C\C=C)=C/C)Oc2ccccc2)=C/C)cc1)c1ccccc1. The van der Waals surface area contributed by atoms with E-state index in [1.54, 1.807) is 105 Å². The number of aliphatic hydroxyl groups is 2. The topological polar surface area (TPSA) is 130 Å². The quantitative estimate of drug-likeness (QED) is 0.0244. The summed E-state index contributed by atoms with van der Waals surface area (Å²) in [4.78, 5) is 0. The van der Waals surface area contributed by atoms with Crippen molar-refractivity contribution in [1.29, 1.82) is 0 Å². The predicted molar refractivity (Wildman–Crippen MR) is 241 cm³/mol. The van der Waals surface area contributed by atoms with Crippen LogP contribution in [0.3, 0.4) is 0 Å². The van der Waals surface area contributed by atoms with Crippen LogP contribution in [-0.2, 0) is 34.1 Å². The number of phosphoric ester groups is 2. The van der Waals surface area contributed by atoms with Crippen molar-refractivity contribution >= 4 is 23.5 Å². The zero-order valence-corrected chi connectivity index (χ0v) is 36.9. The Morgan fingerprint density at radius 2 is 1.18 bits per heavy atom. The largest absolute Gasteiger partial charge is 0.588 e. The van der Waals surface area contributed by atoms with Gasteiger partial charge in [-0.2, -0.15) is 0 Å². The number of allylic oxidation sites excluding steroid dienone is 5. The highest BCUT2D eigenvalue weighted by Crippen LogP contribution is 2.58. The van der Waals surface area contributed by atoms with Crippen LogP contribution in [0.25, 0.3) is 0 Å². The van der Waals surface area contributed by atoms with Gasteiger partial charge in [0.05, 0.1) is 5.60 Å². The highest BCUT2D eigenvalue weighted by atomic mass is 31.2. The Morgan fingerprint density at radius 1 is 0.683 bits per heavy atom. The number of hydrogen-bond donors (Lipinski definition) is 2. The van der Waals surface area contributed by atoms with Gasteiger partial charge in [0.2, 0.25) is 5.79 Å². The molecular weight excluding hydrogens is 797 g/mol. The molecule has 4 aromatic rings. The fourth-order valence-electron chi connectivity index (χ4n) is 6.07. The van der Waals surface area contributed by atoms with Crippen molar-refractivity contribution in [2.75, 3.05) is 0 Å². The minimum Gasteiger partial charge on any atom is -0.395 e. The Morgan fingerprint density at radius 3 is 1.65 bits per heavy atom. The van der Waals surface area contributed by atoms with E-state index in [9.17, 15) is 19.3 Å². The molecule has 0 saturated carbocycles. The van der Waals surface area contributed by atoms with E-state index in [0.717, 1.165) is 5.56 Å². The maximum Gasteiger partial charge on any atom is 0.588 e. The first kappa shape index (κ1) is 47.6. The Hall–Kier alpha value is -5.12. The summed E-state index contributed by atoms with van der Waals surface area (Å²) in [5.41, 5.74) is -0.976. The first-order valence-electron chi connectivity index (χ1n) is 19.7. The molecule has 0 fully saturated rings. The fourth-order valence-corrected chi connectivity index (χ4v) is 9.39. The summed E-state index contributed by atoms with van der Waals surface area (Å²) in [6.07, 6.45) is 12.1. The Labute approximate surface area is 355 Å². The van der Waals surface area contributed by atoms with Gasteiger partial charge < -0.3 is 28.3 Å². The average Bonchev–Trinajstić information content (AvgIpc) is 3.25. The Kier molecular flexibility index (Phi) is 17.0. The number of rotatable bonds is 23. The van der Waals surface area contributed by atoms with Crippen LogP contribution in [0.15, 0.2) is 188 Å². The van der Waals surface area contributed by atoms with Crippen LogP contribution in [0, 0.1) is 0 Å². The highest BCUT2D eigenvalue weighted by molar-refractivity contribution is 7.49. The molecular formula is C47H55BO10P2. The summed E-state index contributed by atoms with van der Waals surface area (Å²) in [7, 11) is -6.83. The average molecular weight is 853 g/mol. The van der Waals surface area contributed by atoms with E-state index in [0.29, 0.717) is 24.7 Å². The van der Waals surface area contributed by atoms with Crippen LogP contribution in [0.4, 0.5) is 0 Å². The lowest BCUT2D eigenvalue weighted by Crippen LogP contribution is -2.33. The summed E-state index contributed by atoms with van der Waals surface area (Å²) in [5.74, 6) is -1.62. The lowest BCUT2D eigenvalue weighted by atomic mass is 9.83. The van der Waals surface area contributed by atoms with Crippen molar-refractivity contribution in [3.8, 4) is 17.2 Å². The third-order valence-electron chi connectivity index (χ3n) is 9.86. The third-order valence-corrected chi connectivity index (χ3v) is 12.8. The van der Waals surface area contributed by atoms with E-state index in [4.69, 9.17) is 27.1 Å². The molecule has 0 radical (unpaired) electrons. The van der Waals surface area contributed by atoms with Gasteiger partial charge in [0, 0.05) is 11.1 Å². The van der Waals surface area contributed by atoms with E-state index in [1.807, 2.05) is 58.9 Å². The smallest absolute Gasteiger partial charge is 0.395 e. The number of phosphoric acid groups is 2.